The van der Waals surface area contributed by atoms with Crippen molar-refractivity contribution in [3.63, 3.8) is 0 Å². The number of aliphatic hydroxyl groups excluding tert-OH is 1. The fraction of sp³-hybridized carbons (Fsp3) is 0.538. The molecule has 0 aliphatic rings. The topological polar surface area (TPSA) is 29.5 Å². The number of halogens is 12. The third-order valence-corrected chi connectivity index (χ3v) is 3.35. The molecule has 1 aromatic carbocycles. The smallest absolute Gasteiger partial charge is 0.381 e. The van der Waals surface area contributed by atoms with Crippen LogP contribution in [-0.2, 0) is 0 Å². The Morgan fingerprint density at radius 2 is 1.15 bits per heavy atom. The van der Waals surface area contributed by atoms with E-state index in [4.69, 9.17) is 5.11 Å². The van der Waals surface area contributed by atoms with Crippen LogP contribution in [0.15, 0.2) is 0 Å². The van der Waals surface area contributed by atoms with Gasteiger partial charge in [-0.2, -0.15) is 39.5 Å². The lowest BCUT2D eigenvalue weighted by Crippen LogP contribution is -2.64. The highest BCUT2D eigenvalue weighted by molar-refractivity contribution is 5.34. The highest BCUT2D eigenvalue weighted by Gasteiger charge is 2.80. The molecule has 0 bridgehead atoms. The Hall–Kier alpha value is -1.86. The highest BCUT2D eigenvalue weighted by Crippen LogP contribution is 2.52. The van der Waals surface area contributed by atoms with E-state index in [9.17, 15) is 52.7 Å². The zero-order chi connectivity index (χ0) is 21.6. The van der Waals surface area contributed by atoms with E-state index < -0.39 is 71.5 Å². The van der Waals surface area contributed by atoms with Gasteiger partial charge in [0.05, 0.1) is 0 Å². The van der Waals surface area contributed by atoms with Crippen LogP contribution in [0.2, 0.25) is 0 Å². The second kappa shape index (κ2) is 6.95. The summed E-state index contributed by atoms with van der Waals surface area (Å²) in [6.45, 7) is -5.48. The van der Waals surface area contributed by atoms with E-state index in [1.54, 1.807) is 0 Å². The summed E-state index contributed by atoms with van der Waals surface area (Å²) in [6.07, 6.45) is 0. The minimum Gasteiger partial charge on any atom is -0.481 e. The summed E-state index contributed by atoms with van der Waals surface area (Å²) in [5.41, 5.74) is -1.32. The van der Waals surface area contributed by atoms with Crippen LogP contribution < -0.4 is 4.74 Å². The van der Waals surface area contributed by atoms with Crippen LogP contribution in [0.3, 0.4) is 0 Å². The Kier molecular flexibility index (Phi) is 5.96. The zero-order valence-corrected chi connectivity index (χ0v) is 12.8. The first kappa shape index (κ1) is 23.2. The van der Waals surface area contributed by atoms with Crippen molar-refractivity contribution in [2.45, 2.75) is 30.6 Å². The molecule has 0 aliphatic heterocycles. The molecule has 0 aliphatic carbocycles. The molecule has 0 heterocycles. The molecule has 0 spiro atoms. The van der Waals surface area contributed by atoms with E-state index in [1.807, 2.05) is 0 Å². The molecule has 0 radical (unpaired) electrons. The monoisotopic (exact) mass is 424 g/mol. The van der Waals surface area contributed by atoms with E-state index in [0.29, 0.717) is 6.92 Å². The van der Waals surface area contributed by atoms with E-state index in [2.05, 4.69) is 4.74 Å². The van der Waals surface area contributed by atoms with Gasteiger partial charge in [0.15, 0.2) is 29.8 Å². The van der Waals surface area contributed by atoms with Crippen LogP contribution in [0.4, 0.5) is 52.7 Å². The lowest BCUT2D eigenvalue weighted by atomic mass is 9.99. The third-order valence-electron chi connectivity index (χ3n) is 3.35. The van der Waals surface area contributed by atoms with Crippen molar-refractivity contribution >= 4 is 0 Å². The quantitative estimate of drug-likeness (QED) is 0.398. The van der Waals surface area contributed by atoms with Gasteiger partial charge in [0.25, 0.3) is 0 Å². The number of benzene rings is 1. The maximum atomic E-state index is 13.5. The number of hydrogen-bond donors (Lipinski definition) is 1. The average Bonchev–Trinajstić information content (AvgIpc) is 2.57. The molecule has 0 aromatic heterocycles. The maximum absolute atomic E-state index is 13.5. The normalized spacial score (nSPS) is 13.9. The first-order chi connectivity index (χ1) is 12.0. The van der Waals surface area contributed by atoms with Crippen molar-refractivity contribution in [2.24, 2.45) is 0 Å². The summed E-state index contributed by atoms with van der Waals surface area (Å²) in [4.78, 5) is 0. The lowest BCUT2D eigenvalue weighted by Gasteiger charge is -2.35. The van der Waals surface area contributed by atoms with Gasteiger partial charge in [-0.1, -0.05) is 0 Å². The summed E-state index contributed by atoms with van der Waals surface area (Å²) in [7, 11) is 0. The lowest BCUT2D eigenvalue weighted by molar-refractivity contribution is -0.372. The first-order valence-electron chi connectivity index (χ1n) is 6.53. The standard InChI is InChI=1S/C13H8F12O2/c1-4-5(14)7(16)8(17)9(6(4)15)27-3-11(20,21)13(24,25)12(22,23)10(18,19)2-26/h26H,2-3H2,1H3. The predicted molar refractivity (Wildman–Crippen MR) is 63.4 cm³/mol. The molecule has 0 fully saturated rings. The van der Waals surface area contributed by atoms with Crippen molar-refractivity contribution in [1.82, 2.24) is 0 Å². The maximum Gasteiger partial charge on any atom is 0.381 e. The van der Waals surface area contributed by atoms with Gasteiger partial charge >= 0.3 is 23.7 Å². The van der Waals surface area contributed by atoms with Crippen LogP contribution >= 0.6 is 0 Å². The SMILES string of the molecule is Cc1c(F)c(F)c(F)c(OCC(F)(F)C(F)(F)C(F)(F)C(F)(F)CO)c1F. The van der Waals surface area contributed by atoms with Crippen molar-refractivity contribution in [3.05, 3.63) is 28.8 Å². The van der Waals surface area contributed by atoms with Gasteiger partial charge in [-0.15, -0.1) is 0 Å². The summed E-state index contributed by atoms with van der Waals surface area (Å²) in [6, 6.07) is 0. The average molecular weight is 424 g/mol. The zero-order valence-electron chi connectivity index (χ0n) is 12.8. The van der Waals surface area contributed by atoms with Gasteiger partial charge in [-0.05, 0) is 6.92 Å². The van der Waals surface area contributed by atoms with Gasteiger partial charge < -0.3 is 9.84 Å². The van der Waals surface area contributed by atoms with Gasteiger partial charge in [0.1, 0.15) is 6.61 Å². The molecule has 2 nitrogen and oxygen atoms in total. The van der Waals surface area contributed by atoms with Crippen LogP contribution in [0, 0.1) is 30.2 Å². The molecular formula is C13H8F12O2. The van der Waals surface area contributed by atoms with Gasteiger partial charge in [0.2, 0.25) is 5.82 Å². The molecule has 14 heteroatoms. The summed E-state index contributed by atoms with van der Waals surface area (Å²) >= 11 is 0. The van der Waals surface area contributed by atoms with Crippen molar-refractivity contribution in [3.8, 4) is 5.75 Å². The van der Waals surface area contributed by atoms with Crippen LogP contribution in [0.1, 0.15) is 5.56 Å². The van der Waals surface area contributed by atoms with Gasteiger partial charge in [-0.25, -0.2) is 13.2 Å². The molecule has 0 saturated carbocycles. The molecule has 1 rings (SSSR count). The molecule has 156 valence electrons. The van der Waals surface area contributed by atoms with E-state index in [1.165, 1.54) is 0 Å². The fourth-order valence-corrected chi connectivity index (χ4v) is 1.66. The number of ether oxygens (including phenoxy) is 1. The number of hydrogen-bond acceptors (Lipinski definition) is 2. The summed E-state index contributed by atoms with van der Waals surface area (Å²) in [5.74, 6) is -37.3. The van der Waals surface area contributed by atoms with Crippen molar-refractivity contribution in [2.75, 3.05) is 13.2 Å². The van der Waals surface area contributed by atoms with Crippen LogP contribution in [0.25, 0.3) is 0 Å². The molecule has 1 aromatic rings. The van der Waals surface area contributed by atoms with Crippen molar-refractivity contribution < 1.29 is 62.5 Å². The Morgan fingerprint density at radius 3 is 1.59 bits per heavy atom. The minimum absolute atomic E-state index is 0.475. The van der Waals surface area contributed by atoms with E-state index >= 15 is 0 Å². The van der Waals surface area contributed by atoms with E-state index in [-0.39, 0.29) is 0 Å². The molecule has 0 unspecified atom stereocenters. The molecular weight excluding hydrogens is 416 g/mol. The summed E-state index contributed by atoms with van der Waals surface area (Å²) in [5, 5.41) is 8.01. The Morgan fingerprint density at radius 1 is 0.704 bits per heavy atom. The molecule has 27 heavy (non-hydrogen) atoms. The second-order valence-corrected chi connectivity index (χ2v) is 5.21. The fourth-order valence-electron chi connectivity index (χ4n) is 1.66. The first-order valence-corrected chi connectivity index (χ1v) is 6.53. The summed E-state index contributed by atoms with van der Waals surface area (Å²) < 4.78 is 162. The largest absolute Gasteiger partial charge is 0.481 e. The molecule has 0 saturated heterocycles. The number of alkyl halides is 8. The molecule has 0 atom stereocenters. The van der Waals surface area contributed by atoms with Gasteiger partial charge in [-0.3, -0.25) is 0 Å². The minimum atomic E-state index is -6.88. The molecule has 0 amide bonds. The third kappa shape index (κ3) is 3.50. The Labute approximate surface area is 142 Å². The predicted octanol–water partition coefficient (Wildman–Crippen LogP) is 4.46. The Balaban J connectivity index is 3.27. The van der Waals surface area contributed by atoms with Crippen molar-refractivity contribution in [1.29, 1.82) is 0 Å². The number of aliphatic hydroxyl groups is 1. The highest BCUT2D eigenvalue weighted by atomic mass is 19.4. The van der Waals surface area contributed by atoms with Crippen LogP contribution in [-0.4, -0.2) is 42.0 Å². The van der Waals surface area contributed by atoms with Gasteiger partial charge in [0, 0.05) is 5.56 Å². The number of rotatable bonds is 7. The van der Waals surface area contributed by atoms with E-state index in [0.717, 1.165) is 0 Å². The Bertz CT molecular complexity index is 687. The van der Waals surface area contributed by atoms with Crippen LogP contribution in [0.5, 0.6) is 5.75 Å². The second-order valence-electron chi connectivity index (χ2n) is 5.21. The molecule has 1 N–H and O–H groups in total.